The SMILES string of the molecule is ClCc1ncc(-c2ccsc2)s1. The topological polar surface area (TPSA) is 12.9 Å². The lowest BCUT2D eigenvalue weighted by Crippen LogP contribution is -1.67. The molecule has 4 heteroatoms. The number of alkyl halides is 1. The van der Waals surface area contributed by atoms with Crippen molar-refractivity contribution in [2.75, 3.05) is 0 Å². The average molecular weight is 216 g/mol. The van der Waals surface area contributed by atoms with E-state index in [0.29, 0.717) is 5.88 Å². The molecule has 0 saturated heterocycles. The Labute approximate surface area is 83.7 Å². The molecule has 0 atom stereocenters. The van der Waals surface area contributed by atoms with E-state index in [1.165, 1.54) is 10.4 Å². The molecule has 0 N–H and O–H groups in total. The highest BCUT2D eigenvalue weighted by molar-refractivity contribution is 7.15. The zero-order valence-electron chi connectivity index (χ0n) is 6.16. The number of hydrogen-bond acceptors (Lipinski definition) is 3. The Hall–Kier alpha value is -0.380. The Morgan fingerprint density at radius 2 is 2.42 bits per heavy atom. The van der Waals surface area contributed by atoms with Crippen molar-refractivity contribution in [3.05, 3.63) is 28.0 Å². The highest BCUT2D eigenvalue weighted by atomic mass is 35.5. The fraction of sp³-hybridized carbons (Fsp3) is 0.125. The molecule has 0 fully saturated rings. The summed E-state index contributed by atoms with van der Waals surface area (Å²) in [5.41, 5.74) is 1.24. The van der Waals surface area contributed by atoms with Crippen LogP contribution in [0.25, 0.3) is 10.4 Å². The molecule has 12 heavy (non-hydrogen) atoms. The van der Waals surface area contributed by atoms with E-state index in [4.69, 9.17) is 11.6 Å². The van der Waals surface area contributed by atoms with Gasteiger partial charge in [-0.05, 0) is 16.8 Å². The molecule has 1 nitrogen and oxygen atoms in total. The molecular weight excluding hydrogens is 210 g/mol. The van der Waals surface area contributed by atoms with Crippen LogP contribution in [-0.2, 0) is 5.88 Å². The Morgan fingerprint density at radius 1 is 1.50 bits per heavy atom. The third-order valence-electron chi connectivity index (χ3n) is 1.47. The van der Waals surface area contributed by atoms with E-state index in [-0.39, 0.29) is 0 Å². The number of thiazole rings is 1. The fourth-order valence-corrected chi connectivity index (χ4v) is 2.64. The van der Waals surface area contributed by atoms with Crippen molar-refractivity contribution < 1.29 is 0 Å². The maximum absolute atomic E-state index is 5.65. The van der Waals surface area contributed by atoms with E-state index in [1.807, 2.05) is 6.20 Å². The third-order valence-corrected chi connectivity index (χ3v) is 3.61. The molecule has 2 aromatic heterocycles. The summed E-state index contributed by atoms with van der Waals surface area (Å²) in [6.07, 6.45) is 1.88. The van der Waals surface area contributed by atoms with Gasteiger partial charge in [-0.2, -0.15) is 11.3 Å². The van der Waals surface area contributed by atoms with Crippen molar-refractivity contribution in [1.29, 1.82) is 0 Å². The Balaban J connectivity index is 2.35. The zero-order chi connectivity index (χ0) is 8.39. The first-order valence-corrected chi connectivity index (χ1v) is 5.73. The maximum atomic E-state index is 5.65. The average Bonchev–Trinajstić information content (AvgIpc) is 2.75. The van der Waals surface area contributed by atoms with E-state index in [1.54, 1.807) is 22.7 Å². The van der Waals surface area contributed by atoms with E-state index in [0.717, 1.165) is 5.01 Å². The van der Waals surface area contributed by atoms with Crippen molar-refractivity contribution in [1.82, 2.24) is 4.98 Å². The van der Waals surface area contributed by atoms with Crippen LogP contribution in [0.15, 0.2) is 23.0 Å². The Bertz CT molecular complexity index is 353. The number of nitrogens with zero attached hydrogens (tertiary/aromatic N) is 1. The molecule has 0 saturated carbocycles. The minimum atomic E-state index is 0.509. The van der Waals surface area contributed by atoms with Crippen LogP contribution in [0.3, 0.4) is 0 Å². The van der Waals surface area contributed by atoms with Gasteiger partial charge in [0, 0.05) is 11.8 Å². The van der Waals surface area contributed by atoms with Crippen molar-refractivity contribution in [3.8, 4) is 10.4 Å². The van der Waals surface area contributed by atoms with E-state index < -0.39 is 0 Å². The Morgan fingerprint density at radius 3 is 3.00 bits per heavy atom. The quantitative estimate of drug-likeness (QED) is 0.698. The molecule has 0 aliphatic rings. The van der Waals surface area contributed by atoms with Gasteiger partial charge in [0.25, 0.3) is 0 Å². The highest BCUT2D eigenvalue weighted by Crippen LogP contribution is 2.28. The monoisotopic (exact) mass is 215 g/mol. The van der Waals surface area contributed by atoms with E-state index >= 15 is 0 Å². The first-order valence-electron chi connectivity index (χ1n) is 3.43. The normalized spacial score (nSPS) is 10.4. The van der Waals surface area contributed by atoms with Crippen molar-refractivity contribution in [3.63, 3.8) is 0 Å². The number of halogens is 1. The molecule has 0 radical (unpaired) electrons. The van der Waals surface area contributed by atoms with E-state index in [2.05, 4.69) is 21.8 Å². The smallest absolute Gasteiger partial charge is 0.108 e. The standard InChI is InChI=1S/C8H6ClNS2/c9-3-8-10-4-7(12-8)6-1-2-11-5-6/h1-2,4-5H,3H2. The third kappa shape index (κ3) is 1.53. The molecule has 2 aromatic rings. The van der Waals surface area contributed by atoms with Crippen molar-refractivity contribution in [2.45, 2.75) is 5.88 Å². The minimum absolute atomic E-state index is 0.509. The lowest BCUT2D eigenvalue weighted by Gasteiger charge is -1.85. The summed E-state index contributed by atoms with van der Waals surface area (Å²) < 4.78 is 0. The predicted molar refractivity (Wildman–Crippen MR) is 55.0 cm³/mol. The number of thiophene rings is 1. The first-order chi connectivity index (χ1) is 5.90. The molecule has 0 bridgehead atoms. The number of rotatable bonds is 2. The van der Waals surface area contributed by atoms with Gasteiger partial charge in [-0.3, -0.25) is 0 Å². The molecule has 0 amide bonds. The summed E-state index contributed by atoms with van der Waals surface area (Å²) in [4.78, 5) is 5.38. The lowest BCUT2D eigenvalue weighted by atomic mass is 10.3. The second kappa shape index (κ2) is 3.56. The summed E-state index contributed by atoms with van der Waals surface area (Å²) in [5, 5.41) is 5.17. The van der Waals surface area contributed by atoms with E-state index in [9.17, 15) is 0 Å². The second-order valence-corrected chi connectivity index (χ2v) is 4.43. The van der Waals surface area contributed by atoms with Crippen LogP contribution in [-0.4, -0.2) is 4.98 Å². The van der Waals surface area contributed by atoms with Gasteiger partial charge < -0.3 is 0 Å². The highest BCUT2D eigenvalue weighted by Gasteiger charge is 2.02. The van der Waals surface area contributed by atoms with Gasteiger partial charge in [-0.1, -0.05) is 0 Å². The van der Waals surface area contributed by atoms with Gasteiger partial charge in [-0.25, -0.2) is 4.98 Å². The number of hydrogen-bond donors (Lipinski definition) is 0. The summed E-state index contributed by atoms with van der Waals surface area (Å²) in [5.74, 6) is 0.509. The molecule has 0 spiro atoms. The van der Waals surface area contributed by atoms with Crippen molar-refractivity contribution in [2.24, 2.45) is 0 Å². The van der Waals surface area contributed by atoms with Gasteiger partial charge >= 0.3 is 0 Å². The van der Waals surface area contributed by atoms with Crippen LogP contribution in [0, 0.1) is 0 Å². The van der Waals surface area contributed by atoms with Gasteiger partial charge in [0.1, 0.15) is 5.01 Å². The van der Waals surface area contributed by atoms with Crippen LogP contribution in [0.5, 0.6) is 0 Å². The molecule has 0 aliphatic heterocycles. The molecule has 62 valence electrons. The molecule has 0 aromatic carbocycles. The van der Waals surface area contributed by atoms with Crippen LogP contribution in [0.1, 0.15) is 5.01 Å². The van der Waals surface area contributed by atoms with Crippen LogP contribution < -0.4 is 0 Å². The molecule has 2 rings (SSSR count). The minimum Gasteiger partial charge on any atom is -0.248 e. The summed E-state index contributed by atoms with van der Waals surface area (Å²) in [7, 11) is 0. The zero-order valence-corrected chi connectivity index (χ0v) is 8.55. The van der Waals surface area contributed by atoms with Gasteiger partial charge in [0.05, 0.1) is 10.8 Å². The van der Waals surface area contributed by atoms with Gasteiger partial charge in [-0.15, -0.1) is 22.9 Å². The Kier molecular flexibility index (Phi) is 2.44. The molecule has 2 heterocycles. The molecule has 0 unspecified atom stereocenters. The maximum Gasteiger partial charge on any atom is 0.108 e. The molecular formula is C8H6ClNS2. The predicted octanol–water partition coefficient (Wildman–Crippen LogP) is 3.61. The first kappa shape index (κ1) is 8.23. The van der Waals surface area contributed by atoms with Crippen LogP contribution in [0.4, 0.5) is 0 Å². The van der Waals surface area contributed by atoms with Gasteiger partial charge in [0.15, 0.2) is 0 Å². The summed E-state index contributed by atoms with van der Waals surface area (Å²) >= 11 is 9.00. The molecule has 0 aliphatic carbocycles. The second-order valence-electron chi connectivity index (χ2n) is 2.26. The lowest BCUT2D eigenvalue weighted by molar-refractivity contribution is 1.26. The summed E-state index contributed by atoms with van der Waals surface area (Å²) in [6, 6.07) is 2.09. The van der Waals surface area contributed by atoms with Crippen LogP contribution in [0.2, 0.25) is 0 Å². The van der Waals surface area contributed by atoms with Crippen molar-refractivity contribution >= 4 is 34.3 Å². The summed E-state index contributed by atoms with van der Waals surface area (Å²) in [6.45, 7) is 0. The number of aromatic nitrogens is 1. The fourth-order valence-electron chi connectivity index (χ4n) is 0.910. The van der Waals surface area contributed by atoms with Gasteiger partial charge in [0.2, 0.25) is 0 Å². The largest absolute Gasteiger partial charge is 0.248 e. The van der Waals surface area contributed by atoms with Crippen LogP contribution >= 0.6 is 34.3 Å².